The fourth-order valence-electron chi connectivity index (χ4n) is 2.38. The summed E-state index contributed by atoms with van der Waals surface area (Å²) in [6, 6.07) is 9.04. The first-order valence-corrected chi connectivity index (χ1v) is 8.79. The Morgan fingerprint density at radius 2 is 2.16 bits per heavy atom. The summed E-state index contributed by atoms with van der Waals surface area (Å²) >= 11 is 12.1. The van der Waals surface area contributed by atoms with Crippen molar-refractivity contribution in [3.8, 4) is 11.3 Å². The monoisotopic (exact) mass is 393 g/mol. The minimum absolute atomic E-state index is 0.221. The summed E-state index contributed by atoms with van der Waals surface area (Å²) in [5, 5.41) is 9.50. The van der Waals surface area contributed by atoms with Gasteiger partial charge in [0.25, 0.3) is 5.91 Å². The molecule has 0 atom stereocenters. The number of aryl methyl sites for hydroxylation is 1. The summed E-state index contributed by atoms with van der Waals surface area (Å²) < 4.78 is 6.01. The Hall–Kier alpha value is -2.09. The highest BCUT2D eigenvalue weighted by Crippen LogP contribution is 2.34. The summed E-state index contributed by atoms with van der Waals surface area (Å²) in [4.78, 5) is 24.5. The predicted molar refractivity (Wildman–Crippen MR) is 101 cm³/mol. The Morgan fingerprint density at radius 3 is 2.84 bits per heavy atom. The average Bonchev–Trinajstić information content (AvgIpc) is 3.08. The summed E-state index contributed by atoms with van der Waals surface area (Å²) in [6.07, 6.45) is 1.57. The number of carboxylic acids is 1. The number of hydrogen-bond acceptors (Lipinski definition) is 5. The number of benzene rings is 1. The van der Waals surface area contributed by atoms with Crippen LogP contribution in [0.3, 0.4) is 0 Å². The fourth-order valence-corrected chi connectivity index (χ4v) is 3.84. The number of carbonyl (C=O) groups is 2. The van der Waals surface area contributed by atoms with Crippen LogP contribution >= 0.6 is 35.6 Å². The number of nitrogens with zero attached hydrogens (tertiary/aromatic N) is 1. The van der Waals surface area contributed by atoms with Crippen LogP contribution in [0.25, 0.3) is 17.4 Å². The molecular formula is C17H12ClNO4S2. The highest BCUT2D eigenvalue weighted by molar-refractivity contribution is 8.26. The number of rotatable bonds is 4. The normalized spacial score (nSPS) is 16.1. The summed E-state index contributed by atoms with van der Waals surface area (Å²) in [5.41, 5.74) is 1.88. The van der Waals surface area contributed by atoms with Crippen molar-refractivity contribution in [3.63, 3.8) is 0 Å². The topological polar surface area (TPSA) is 70.8 Å². The second-order valence-corrected chi connectivity index (χ2v) is 7.44. The van der Waals surface area contributed by atoms with Crippen LogP contribution in [-0.4, -0.2) is 32.7 Å². The third-order valence-corrected chi connectivity index (χ3v) is 5.13. The molecule has 3 rings (SSSR count). The molecule has 1 aliphatic heterocycles. The van der Waals surface area contributed by atoms with Crippen LogP contribution in [0.5, 0.6) is 0 Å². The summed E-state index contributed by atoms with van der Waals surface area (Å²) in [7, 11) is 0. The van der Waals surface area contributed by atoms with E-state index < -0.39 is 18.4 Å². The van der Waals surface area contributed by atoms with Gasteiger partial charge in [-0.3, -0.25) is 14.5 Å². The Kier molecular flexibility index (Phi) is 4.99. The van der Waals surface area contributed by atoms with Crippen molar-refractivity contribution >= 4 is 57.9 Å². The van der Waals surface area contributed by atoms with E-state index in [0.717, 1.165) is 27.8 Å². The molecule has 1 N–H and O–H groups in total. The number of aliphatic carboxylic acids is 1. The van der Waals surface area contributed by atoms with Gasteiger partial charge in [0, 0.05) is 16.7 Å². The van der Waals surface area contributed by atoms with Crippen LogP contribution in [0, 0.1) is 6.92 Å². The SMILES string of the molecule is Cc1cc(Cl)ccc1-c1ccc(/C=C2\SC(=S)N(CC(=O)O)C2=O)o1. The molecule has 128 valence electrons. The van der Waals surface area contributed by atoms with E-state index in [1.54, 1.807) is 24.3 Å². The van der Waals surface area contributed by atoms with Crippen LogP contribution < -0.4 is 0 Å². The standard InChI is InChI=1S/C17H12ClNO4S2/c1-9-6-10(18)2-4-12(9)13-5-3-11(23-13)7-14-16(22)19(8-15(20)21)17(24)25-14/h2-7H,8H2,1H3,(H,20,21)/b14-7-. The third-order valence-electron chi connectivity index (χ3n) is 3.52. The Balaban J connectivity index is 1.86. The molecule has 0 saturated carbocycles. The largest absolute Gasteiger partial charge is 0.480 e. The molecule has 2 aromatic rings. The number of halogens is 1. The van der Waals surface area contributed by atoms with Crippen molar-refractivity contribution in [1.82, 2.24) is 4.90 Å². The van der Waals surface area contributed by atoms with Crippen molar-refractivity contribution in [2.45, 2.75) is 6.92 Å². The Morgan fingerprint density at radius 1 is 1.40 bits per heavy atom. The van der Waals surface area contributed by atoms with E-state index >= 15 is 0 Å². The van der Waals surface area contributed by atoms with Gasteiger partial charge in [-0.05, 0) is 42.8 Å². The van der Waals surface area contributed by atoms with Crippen LogP contribution in [0.15, 0.2) is 39.7 Å². The molecule has 1 saturated heterocycles. The number of thiocarbonyl (C=S) groups is 1. The van der Waals surface area contributed by atoms with Crippen molar-refractivity contribution in [2.75, 3.05) is 6.54 Å². The van der Waals surface area contributed by atoms with Crippen molar-refractivity contribution in [1.29, 1.82) is 0 Å². The number of hydrogen-bond donors (Lipinski definition) is 1. The molecule has 8 heteroatoms. The number of carboxylic acid groups (broad SMARTS) is 1. The first-order chi connectivity index (χ1) is 11.8. The molecule has 1 amide bonds. The molecule has 1 aromatic heterocycles. The maximum Gasteiger partial charge on any atom is 0.323 e. The van der Waals surface area contributed by atoms with E-state index in [9.17, 15) is 9.59 Å². The van der Waals surface area contributed by atoms with Crippen molar-refractivity contribution in [3.05, 3.63) is 51.6 Å². The molecule has 2 heterocycles. The maximum atomic E-state index is 12.3. The van der Waals surface area contributed by atoms with E-state index in [4.69, 9.17) is 33.3 Å². The van der Waals surface area contributed by atoms with Crippen LogP contribution in [0.4, 0.5) is 0 Å². The maximum absolute atomic E-state index is 12.3. The van der Waals surface area contributed by atoms with Gasteiger partial charge in [-0.15, -0.1) is 0 Å². The molecule has 1 aliphatic rings. The van der Waals surface area contributed by atoms with Gasteiger partial charge < -0.3 is 9.52 Å². The van der Waals surface area contributed by atoms with Gasteiger partial charge in [0.05, 0.1) is 4.91 Å². The van der Waals surface area contributed by atoms with E-state index in [1.807, 2.05) is 19.1 Å². The number of thioether (sulfide) groups is 1. The lowest BCUT2D eigenvalue weighted by molar-refractivity contribution is -0.140. The highest BCUT2D eigenvalue weighted by atomic mass is 35.5. The highest BCUT2D eigenvalue weighted by Gasteiger charge is 2.33. The summed E-state index contributed by atoms with van der Waals surface area (Å²) in [6.45, 7) is 1.48. The van der Waals surface area contributed by atoms with E-state index in [-0.39, 0.29) is 4.32 Å². The lowest BCUT2D eigenvalue weighted by Crippen LogP contribution is -2.33. The zero-order valence-electron chi connectivity index (χ0n) is 13.0. The summed E-state index contributed by atoms with van der Waals surface area (Å²) in [5.74, 6) is -0.407. The van der Waals surface area contributed by atoms with E-state index in [0.29, 0.717) is 21.4 Å². The molecule has 1 fully saturated rings. The minimum Gasteiger partial charge on any atom is -0.480 e. The molecule has 0 unspecified atom stereocenters. The average molecular weight is 394 g/mol. The third kappa shape index (κ3) is 3.78. The van der Waals surface area contributed by atoms with Crippen molar-refractivity contribution < 1.29 is 19.1 Å². The first kappa shape index (κ1) is 17.7. The first-order valence-electron chi connectivity index (χ1n) is 7.18. The predicted octanol–water partition coefficient (Wildman–Crippen LogP) is 4.19. The Labute approximate surface area is 158 Å². The van der Waals surface area contributed by atoms with Crippen LogP contribution in [-0.2, 0) is 9.59 Å². The van der Waals surface area contributed by atoms with E-state index in [2.05, 4.69) is 0 Å². The van der Waals surface area contributed by atoms with Gasteiger partial charge >= 0.3 is 5.97 Å². The molecule has 25 heavy (non-hydrogen) atoms. The molecule has 0 bridgehead atoms. The molecular weight excluding hydrogens is 382 g/mol. The van der Waals surface area contributed by atoms with Gasteiger partial charge in [0.1, 0.15) is 22.4 Å². The quantitative estimate of drug-likeness (QED) is 0.620. The van der Waals surface area contributed by atoms with Crippen LogP contribution in [0.1, 0.15) is 11.3 Å². The molecule has 0 aliphatic carbocycles. The second-order valence-electron chi connectivity index (χ2n) is 5.32. The van der Waals surface area contributed by atoms with E-state index in [1.165, 1.54) is 0 Å². The lowest BCUT2D eigenvalue weighted by Gasteiger charge is -2.09. The van der Waals surface area contributed by atoms with Gasteiger partial charge in [-0.25, -0.2) is 0 Å². The minimum atomic E-state index is -1.11. The number of amides is 1. The molecule has 1 aromatic carbocycles. The lowest BCUT2D eigenvalue weighted by atomic mass is 10.1. The van der Waals surface area contributed by atoms with Gasteiger partial charge in [-0.1, -0.05) is 35.6 Å². The number of carbonyl (C=O) groups excluding carboxylic acids is 1. The van der Waals surface area contributed by atoms with Gasteiger partial charge in [0.15, 0.2) is 0 Å². The number of furan rings is 1. The molecule has 0 spiro atoms. The van der Waals surface area contributed by atoms with Crippen LogP contribution in [0.2, 0.25) is 5.02 Å². The molecule has 0 radical (unpaired) electrons. The zero-order chi connectivity index (χ0) is 18.1. The van der Waals surface area contributed by atoms with Gasteiger partial charge in [0.2, 0.25) is 0 Å². The zero-order valence-corrected chi connectivity index (χ0v) is 15.4. The van der Waals surface area contributed by atoms with Crippen molar-refractivity contribution in [2.24, 2.45) is 0 Å². The molecule has 5 nitrogen and oxygen atoms in total. The second kappa shape index (κ2) is 7.03. The fraction of sp³-hybridized carbons (Fsp3) is 0.118. The Bertz CT molecular complexity index is 919. The smallest absolute Gasteiger partial charge is 0.323 e. The van der Waals surface area contributed by atoms with Gasteiger partial charge in [-0.2, -0.15) is 0 Å².